The van der Waals surface area contributed by atoms with Crippen LogP contribution in [-0.2, 0) is 9.47 Å². The third-order valence-electron chi connectivity index (χ3n) is 6.58. The van der Waals surface area contributed by atoms with Gasteiger partial charge in [0.25, 0.3) is 0 Å². The topological polar surface area (TPSA) is 113 Å². The molecule has 0 bridgehead atoms. The largest absolute Gasteiger partial charge is 0.382 e. The molecule has 4 aromatic rings. The highest BCUT2D eigenvalue weighted by Crippen LogP contribution is 2.38. The third-order valence-corrected chi connectivity index (χ3v) is 7.51. The van der Waals surface area contributed by atoms with Crippen LogP contribution in [-0.4, -0.2) is 70.5 Å². The first kappa shape index (κ1) is 23.8. The van der Waals surface area contributed by atoms with Gasteiger partial charge in [-0.15, -0.1) is 11.3 Å². The van der Waals surface area contributed by atoms with Crippen LogP contribution >= 0.6 is 11.3 Å². The lowest BCUT2D eigenvalue weighted by atomic mass is 10.1. The van der Waals surface area contributed by atoms with Crippen molar-refractivity contribution in [3.05, 3.63) is 58.7 Å². The molecular weight excluding hydrogens is 488 g/mol. The van der Waals surface area contributed by atoms with Gasteiger partial charge < -0.3 is 30.0 Å². The molecule has 6 rings (SSSR count). The first-order valence-corrected chi connectivity index (χ1v) is 13.3. The van der Waals surface area contributed by atoms with Crippen molar-refractivity contribution in [1.29, 1.82) is 0 Å². The minimum atomic E-state index is -0.216. The molecule has 10 nitrogen and oxygen atoms in total. The van der Waals surface area contributed by atoms with E-state index in [9.17, 15) is 0 Å². The zero-order chi connectivity index (χ0) is 25.4. The normalized spacial score (nSPS) is 20.6. The van der Waals surface area contributed by atoms with Crippen LogP contribution in [0.25, 0.3) is 22.3 Å². The van der Waals surface area contributed by atoms with Crippen LogP contribution < -0.4 is 15.5 Å². The molecule has 192 valence electrons. The highest BCUT2D eigenvalue weighted by atomic mass is 32.1. The second kappa shape index (κ2) is 10.1. The van der Waals surface area contributed by atoms with E-state index in [1.807, 2.05) is 12.3 Å². The van der Waals surface area contributed by atoms with Gasteiger partial charge in [0, 0.05) is 50.8 Å². The van der Waals surface area contributed by atoms with E-state index in [0.717, 1.165) is 57.6 Å². The van der Waals surface area contributed by atoms with Gasteiger partial charge in [-0.1, -0.05) is 0 Å². The van der Waals surface area contributed by atoms with Gasteiger partial charge in [0.2, 0.25) is 0 Å². The summed E-state index contributed by atoms with van der Waals surface area (Å²) in [6.45, 7) is 6.88. The number of aromatic nitrogens is 5. The van der Waals surface area contributed by atoms with Crippen LogP contribution in [0.15, 0.2) is 42.2 Å². The molecule has 0 aliphatic carbocycles. The smallest absolute Gasteiger partial charge is 0.152 e. The Morgan fingerprint density at radius 3 is 2.81 bits per heavy atom. The number of imidazole rings is 1. The molecule has 0 radical (unpaired) electrons. The number of hydrogen-bond acceptors (Lipinski definition) is 10. The standard InChI is InChI=1S/C26H30N8O2S/c1-15-12-34(13-16(2)36-15)22-9-19-20(11-30-22)33-25(32-19)17-10-29-18-5-8-37-24(18)23(17)31-21(14-35-3)26-27-6-4-7-28-26/h4-9,11,15-16,21,29,31H,10,12-14H2,1-3H3,(H,32,33)/t15?,16?,21-/m0/s1. The van der Waals surface area contributed by atoms with Gasteiger partial charge >= 0.3 is 0 Å². The van der Waals surface area contributed by atoms with E-state index < -0.39 is 0 Å². The number of aromatic amines is 1. The highest BCUT2D eigenvalue weighted by molar-refractivity contribution is 7.11. The number of hydrogen-bond donors (Lipinski definition) is 3. The maximum atomic E-state index is 5.90. The summed E-state index contributed by atoms with van der Waals surface area (Å²) in [6.07, 6.45) is 5.70. The fourth-order valence-electron chi connectivity index (χ4n) is 5.00. The molecule has 6 heterocycles. The molecule has 0 amide bonds. The second-order valence-electron chi connectivity index (χ2n) is 9.44. The number of ether oxygens (including phenoxy) is 2. The molecule has 0 aromatic carbocycles. The Balaban J connectivity index is 1.38. The Morgan fingerprint density at radius 1 is 1.22 bits per heavy atom. The molecule has 3 N–H and O–H groups in total. The fraction of sp³-hybridized carbons (Fsp3) is 0.385. The quantitative estimate of drug-likeness (QED) is 0.337. The third kappa shape index (κ3) is 4.77. The Hall–Kier alpha value is -3.54. The molecule has 1 saturated heterocycles. The van der Waals surface area contributed by atoms with Crippen LogP contribution in [0.4, 0.5) is 11.5 Å². The van der Waals surface area contributed by atoms with E-state index in [1.54, 1.807) is 30.8 Å². The van der Waals surface area contributed by atoms with Crippen molar-refractivity contribution >= 4 is 45.1 Å². The number of anilines is 2. The fourth-order valence-corrected chi connectivity index (χ4v) is 5.91. The summed E-state index contributed by atoms with van der Waals surface area (Å²) in [5.74, 6) is 2.40. The average molecular weight is 519 g/mol. The summed E-state index contributed by atoms with van der Waals surface area (Å²) in [5, 5.41) is 9.31. The lowest BCUT2D eigenvalue weighted by molar-refractivity contribution is -0.00545. The van der Waals surface area contributed by atoms with Gasteiger partial charge in [-0.05, 0) is 31.4 Å². The maximum absolute atomic E-state index is 5.90. The van der Waals surface area contributed by atoms with E-state index >= 15 is 0 Å². The van der Waals surface area contributed by atoms with Crippen LogP contribution in [0.1, 0.15) is 36.4 Å². The van der Waals surface area contributed by atoms with Gasteiger partial charge in [0.15, 0.2) is 5.82 Å². The molecule has 2 unspecified atom stereocenters. The average Bonchev–Trinajstić information content (AvgIpc) is 3.55. The second-order valence-corrected chi connectivity index (χ2v) is 10.4. The molecule has 2 aliphatic heterocycles. The summed E-state index contributed by atoms with van der Waals surface area (Å²) in [5.41, 5.74) is 4.92. The van der Waals surface area contributed by atoms with E-state index in [2.05, 4.69) is 61.8 Å². The van der Waals surface area contributed by atoms with Crippen molar-refractivity contribution in [2.24, 2.45) is 0 Å². The van der Waals surface area contributed by atoms with Gasteiger partial charge in [-0.25, -0.2) is 19.9 Å². The summed E-state index contributed by atoms with van der Waals surface area (Å²) >= 11 is 1.68. The SMILES string of the molecule is COC[C@H](NC1=C(c2nc3cc(N4CC(C)OC(C)C4)ncc3[nH]2)CNc2ccsc21)c1ncccn1. The van der Waals surface area contributed by atoms with Gasteiger partial charge in [0.05, 0.1) is 52.3 Å². The van der Waals surface area contributed by atoms with Crippen LogP contribution in [0.3, 0.4) is 0 Å². The molecule has 1 fully saturated rings. The molecule has 4 aromatic heterocycles. The lowest BCUT2D eigenvalue weighted by Gasteiger charge is -2.36. The summed E-state index contributed by atoms with van der Waals surface area (Å²) in [6, 6.07) is 5.76. The van der Waals surface area contributed by atoms with Crippen LogP contribution in [0.5, 0.6) is 0 Å². The first-order valence-electron chi connectivity index (χ1n) is 12.4. The maximum Gasteiger partial charge on any atom is 0.152 e. The Morgan fingerprint density at radius 2 is 2.03 bits per heavy atom. The van der Waals surface area contributed by atoms with Crippen molar-refractivity contribution in [2.75, 3.05) is 43.6 Å². The monoisotopic (exact) mass is 518 g/mol. The molecule has 0 saturated carbocycles. The highest BCUT2D eigenvalue weighted by Gasteiger charge is 2.27. The molecule has 11 heteroatoms. The van der Waals surface area contributed by atoms with Gasteiger partial charge in [0.1, 0.15) is 17.7 Å². The molecule has 3 atom stereocenters. The van der Waals surface area contributed by atoms with E-state index in [4.69, 9.17) is 19.4 Å². The molecule has 2 aliphatic rings. The number of methoxy groups -OCH3 is 1. The number of fused-ring (bicyclic) bond motifs is 2. The van der Waals surface area contributed by atoms with Crippen molar-refractivity contribution in [3.63, 3.8) is 0 Å². The minimum Gasteiger partial charge on any atom is -0.382 e. The van der Waals surface area contributed by atoms with Crippen molar-refractivity contribution in [3.8, 4) is 0 Å². The van der Waals surface area contributed by atoms with Crippen molar-refractivity contribution in [1.82, 2.24) is 30.2 Å². The van der Waals surface area contributed by atoms with Crippen LogP contribution in [0, 0.1) is 0 Å². The zero-order valence-corrected chi connectivity index (χ0v) is 21.9. The lowest BCUT2D eigenvalue weighted by Crippen LogP contribution is -2.45. The van der Waals surface area contributed by atoms with E-state index in [0.29, 0.717) is 19.0 Å². The number of rotatable bonds is 7. The number of morpholine rings is 1. The number of nitrogens with zero attached hydrogens (tertiary/aromatic N) is 5. The number of thiophene rings is 1. The van der Waals surface area contributed by atoms with E-state index in [1.165, 1.54) is 0 Å². The summed E-state index contributed by atoms with van der Waals surface area (Å²) in [4.78, 5) is 25.6. The predicted octanol–water partition coefficient (Wildman–Crippen LogP) is 3.69. The van der Waals surface area contributed by atoms with Gasteiger partial charge in [-0.3, -0.25) is 0 Å². The number of nitrogens with one attached hydrogen (secondary N) is 3. The van der Waals surface area contributed by atoms with Crippen molar-refractivity contribution in [2.45, 2.75) is 32.1 Å². The summed E-state index contributed by atoms with van der Waals surface area (Å²) < 4.78 is 11.4. The van der Waals surface area contributed by atoms with Crippen molar-refractivity contribution < 1.29 is 9.47 Å². The Kier molecular flexibility index (Phi) is 6.49. The number of pyridine rings is 1. The van der Waals surface area contributed by atoms with Gasteiger partial charge in [-0.2, -0.15) is 0 Å². The zero-order valence-electron chi connectivity index (χ0n) is 21.1. The van der Waals surface area contributed by atoms with E-state index in [-0.39, 0.29) is 18.2 Å². The summed E-state index contributed by atoms with van der Waals surface area (Å²) in [7, 11) is 1.69. The Labute approximate surface area is 219 Å². The molecule has 37 heavy (non-hydrogen) atoms. The predicted molar refractivity (Wildman–Crippen MR) is 146 cm³/mol. The number of H-pyrrole nitrogens is 1. The Bertz CT molecular complexity index is 1410. The minimum absolute atomic E-state index is 0.164. The first-order chi connectivity index (χ1) is 18.1. The van der Waals surface area contributed by atoms with Crippen LogP contribution in [0.2, 0.25) is 0 Å². The molecule has 0 spiro atoms. The molecular formula is C26H30N8O2S.